The SMILES string of the molecule is O=c1[nH]ccn1-c1ccc(NCc2sccc2Br)cc1. The van der Waals surface area contributed by atoms with E-state index in [4.69, 9.17) is 0 Å². The first-order valence-corrected chi connectivity index (χ1v) is 7.73. The molecule has 0 saturated heterocycles. The third kappa shape index (κ3) is 2.71. The van der Waals surface area contributed by atoms with Gasteiger partial charge in [0.2, 0.25) is 0 Å². The van der Waals surface area contributed by atoms with Gasteiger partial charge in [-0.15, -0.1) is 11.3 Å². The van der Waals surface area contributed by atoms with Crippen LogP contribution in [0.4, 0.5) is 5.69 Å². The van der Waals surface area contributed by atoms with Gasteiger partial charge in [-0.2, -0.15) is 0 Å². The fourth-order valence-corrected chi connectivity index (χ4v) is 3.33. The maximum atomic E-state index is 11.5. The molecule has 0 unspecified atom stereocenters. The van der Waals surface area contributed by atoms with Crippen LogP contribution in [0.5, 0.6) is 0 Å². The highest BCUT2D eigenvalue weighted by molar-refractivity contribution is 9.10. The summed E-state index contributed by atoms with van der Waals surface area (Å²) in [5.41, 5.74) is 1.74. The Morgan fingerprint density at radius 3 is 2.65 bits per heavy atom. The first kappa shape index (κ1) is 13.2. The van der Waals surface area contributed by atoms with Gasteiger partial charge in [-0.1, -0.05) is 0 Å². The van der Waals surface area contributed by atoms with Gasteiger partial charge in [-0.3, -0.25) is 4.57 Å². The molecule has 2 heterocycles. The molecule has 6 heteroatoms. The third-order valence-electron chi connectivity index (χ3n) is 2.94. The zero-order valence-corrected chi connectivity index (χ0v) is 12.9. The van der Waals surface area contributed by atoms with Crippen molar-refractivity contribution in [2.75, 3.05) is 5.32 Å². The van der Waals surface area contributed by atoms with E-state index in [1.54, 1.807) is 28.3 Å². The second kappa shape index (κ2) is 5.68. The van der Waals surface area contributed by atoms with Crippen LogP contribution in [0.2, 0.25) is 0 Å². The first-order chi connectivity index (χ1) is 9.74. The van der Waals surface area contributed by atoms with E-state index in [0.717, 1.165) is 22.4 Å². The molecule has 0 radical (unpaired) electrons. The third-order valence-corrected chi connectivity index (χ3v) is 4.87. The number of imidazole rings is 1. The van der Waals surface area contributed by atoms with E-state index < -0.39 is 0 Å². The lowest BCUT2D eigenvalue weighted by atomic mass is 10.2. The molecule has 3 rings (SSSR count). The molecule has 0 aliphatic rings. The Morgan fingerprint density at radius 1 is 1.25 bits per heavy atom. The van der Waals surface area contributed by atoms with Crippen LogP contribution in [0.25, 0.3) is 5.69 Å². The number of hydrogen-bond acceptors (Lipinski definition) is 3. The zero-order chi connectivity index (χ0) is 13.9. The monoisotopic (exact) mass is 349 g/mol. The van der Waals surface area contributed by atoms with E-state index in [1.165, 1.54) is 4.88 Å². The summed E-state index contributed by atoms with van der Waals surface area (Å²) in [6.45, 7) is 0.779. The van der Waals surface area contributed by atoms with Gasteiger partial charge in [-0.25, -0.2) is 4.79 Å². The predicted molar refractivity (Wildman–Crippen MR) is 85.7 cm³/mol. The minimum atomic E-state index is -0.131. The molecule has 0 amide bonds. The van der Waals surface area contributed by atoms with Crippen LogP contribution < -0.4 is 11.0 Å². The molecule has 0 aliphatic heterocycles. The summed E-state index contributed by atoms with van der Waals surface area (Å²) < 4.78 is 2.70. The van der Waals surface area contributed by atoms with Crippen LogP contribution in [0.15, 0.2) is 57.4 Å². The summed E-state index contributed by atoms with van der Waals surface area (Å²) in [5.74, 6) is 0. The highest BCUT2D eigenvalue weighted by Gasteiger charge is 2.02. The van der Waals surface area contributed by atoms with Crippen LogP contribution in [-0.2, 0) is 6.54 Å². The number of anilines is 1. The fraction of sp³-hybridized carbons (Fsp3) is 0.0714. The van der Waals surface area contributed by atoms with Crippen molar-refractivity contribution in [3.63, 3.8) is 0 Å². The predicted octanol–water partition coefficient (Wildman–Crippen LogP) is 3.60. The van der Waals surface area contributed by atoms with E-state index in [2.05, 4.69) is 31.6 Å². The van der Waals surface area contributed by atoms with E-state index in [9.17, 15) is 4.79 Å². The van der Waals surface area contributed by atoms with Crippen molar-refractivity contribution in [1.82, 2.24) is 9.55 Å². The van der Waals surface area contributed by atoms with E-state index in [0.29, 0.717) is 0 Å². The number of aromatic amines is 1. The van der Waals surface area contributed by atoms with Crippen molar-refractivity contribution in [2.45, 2.75) is 6.54 Å². The quantitative estimate of drug-likeness (QED) is 0.755. The van der Waals surface area contributed by atoms with Crippen LogP contribution in [0, 0.1) is 0 Å². The Labute approximate surface area is 128 Å². The molecule has 0 bridgehead atoms. The molecule has 102 valence electrons. The molecule has 3 aromatic rings. The maximum absolute atomic E-state index is 11.5. The number of halogens is 1. The zero-order valence-electron chi connectivity index (χ0n) is 10.5. The van der Waals surface area contributed by atoms with Gasteiger partial charge in [-0.05, 0) is 51.6 Å². The molecule has 4 nitrogen and oxygen atoms in total. The molecule has 0 saturated carbocycles. The normalized spacial score (nSPS) is 10.7. The fourth-order valence-electron chi connectivity index (χ4n) is 1.90. The summed E-state index contributed by atoms with van der Waals surface area (Å²) in [4.78, 5) is 15.4. The number of hydrogen-bond donors (Lipinski definition) is 2. The molecule has 0 aliphatic carbocycles. The first-order valence-electron chi connectivity index (χ1n) is 6.06. The number of benzene rings is 1. The molecular weight excluding hydrogens is 338 g/mol. The lowest BCUT2D eigenvalue weighted by molar-refractivity contribution is 0.987. The number of aromatic nitrogens is 2. The van der Waals surface area contributed by atoms with Crippen molar-refractivity contribution < 1.29 is 0 Å². The lowest BCUT2D eigenvalue weighted by Gasteiger charge is -2.07. The average molecular weight is 350 g/mol. The van der Waals surface area contributed by atoms with Crippen LogP contribution in [0.1, 0.15) is 4.88 Å². The maximum Gasteiger partial charge on any atom is 0.330 e. The lowest BCUT2D eigenvalue weighted by Crippen LogP contribution is -2.13. The molecule has 1 aromatic carbocycles. The second-order valence-corrected chi connectivity index (χ2v) is 6.08. The average Bonchev–Trinajstić information content (AvgIpc) is 3.06. The van der Waals surface area contributed by atoms with Gasteiger partial charge in [0.05, 0.1) is 12.2 Å². The standard InChI is InChI=1S/C14H12BrN3OS/c15-12-5-8-20-13(12)9-17-10-1-3-11(4-2-10)18-7-6-16-14(18)19/h1-8,17H,9H2,(H,16,19). The summed E-state index contributed by atoms with van der Waals surface area (Å²) in [5, 5.41) is 5.42. The molecule has 0 atom stereocenters. The van der Waals surface area contributed by atoms with Gasteiger partial charge in [0.1, 0.15) is 0 Å². The van der Waals surface area contributed by atoms with Crippen molar-refractivity contribution in [1.29, 1.82) is 0 Å². The molecule has 2 N–H and O–H groups in total. The highest BCUT2D eigenvalue weighted by atomic mass is 79.9. The number of rotatable bonds is 4. The summed E-state index contributed by atoms with van der Waals surface area (Å²) in [6, 6.07) is 9.82. The summed E-state index contributed by atoms with van der Waals surface area (Å²) in [7, 11) is 0. The van der Waals surface area contributed by atoms with Crippen LogP contribution in [0.3, 0.4) is 0 Å². The van der Waals surface area contributed by atoms with Gasteiger partial charge >= 0.3 is 5.69 Å². The smallest absolute Gasteiger partial charge is 0.330 e. The minimum absolute atomic E-state index is 0.131. The van der Waals surface area contributed by atoms with Gasteiger partial charge < -0.3 is 10.3 Å². The van der Waals surface area contributed by atoms with E-state index in [-0.39, 0.29) is 5.69 Å². The Bertz CT molecular complexity index is 757. The minimum Gasteiger partial charge on any atom is -0.380 e. The van der Waals surface area contributed by atoms with Crippen LogP contribution in [-0.4, -0.2) is 9.55 Å². The van der Waals surface area contributed by atoms with Crippen LogP contribution >= 0.6 is 27.3 Å². The molecule has 0 fully saturated rings. The second-order valence-electron chi connectivity index (χ2n) is 4.23. The number of H-pyrrole nitrogens is 1. The summed E-state index contributed by atoms with van der Waals surface area (Å²) in [6.07, 6.45) is 3.34. The van der Waals surface area contributed by atoms with Gasteiger partial charge in [0.25, 0.3) is 0 Å². The molecule has 0 spiro atoms. The van der Waals surface area contributed by atoms with Crippen molar-refractivity contribution >= 4 is 33.0 Å². The Morgan fingerprint density at radius 2 is 2.05 bits per heavy atom. The Balaban J connectivity index is 1.72. The number of thiophene rings is 1. The highest BCUT2D eigenvalue weighted by Crippen LogP contribution is 2.23. The van der Waals surface area contributed by atoms with Gasteiger partial charge in [0, 0.05) is 27.4 Å². The van der Waals surface area contributed by atoms with E-state index >= 15 is 0 Å². The number of nitrogens with one attached hydrogen (secondary N) is 2. The molecule has 2 aromatic heterocycles. The topological polar surface area (TPSA) is 49.8 Å². The molecule has 20 heavy (non-hydrogen) atoms. The van der Waals surface area contributed by atoms with Crippen molar-refractivity contribution in [2.24, 2.45) is 0 Å². The Kier molecular flexibility index (Phi) is 3.75. The van der Waals surface area contributed by atoms with Crippen molar-refractivity contribution in [3.05, 3.63) is 67.9 Å². The molecular formula is C14H12BrN3OS. The summed E-state index contributed by atoms with van der Waals surface area (Å²) >= 11 is 5.23. The van der Waals surface area contributed by atoms with Gasteiger partial charge in [0.15, 0.2) is 0 Å². The van der Waals surface area contributed by atoms with Crippen molar-refractivity contribution in [3.8, 4) is 5.69 Å². The van der Waals surface area contributed by atoms with E-state index in [1.807, 2.05) is 30.3 Å². The Hall–Kier alpha value is -1.79. The number of nitrogens with zero attached hydrogens (tertiary/aromatic N) is 1. The largest absolute Gasteiger partial charge is 0.380 e.